The summed E-state index contributed by atoms with van der Waals surface area (Å²) in [5.74, 6) is 0.450. The van der Waals surface area contributed by atoms with Gasteiger partial charge in [0.2, 0.25) is 0 Å². The van der Waals surface area contributed by atoms with Gasteiger partial charge in [0.15, 0.2) is 0 Å². The van der Waals surface area contributed by atoms with Crippen LogP contribution < -0.4 is 0 Å². The number of phenolic OH excluding ortho intramolecular Hbond substituents is 1. The van der Waals surface area contributed by atoms with E-state index in [-0.39, 0.29) is 0 Å². The molecule has 2 nitrogen and oxygen atoms in total. The van der Waals surface area contributed by atoms with Crippen LogP contribution in [0.4, 0.5) is 0 Å². The molecular formula is C24H43NO. The molecule has 0 radical (unpaired) electrons. The molecule has 0 bridgehead atoms. The quantitative estimate of drug-likeness (QED) is 0.318. The zero-order valence-electron chi connectivity index (χ0n) is 17.7. The fourth-order valence-corrected chi connectivity index (χ4v) is 3.59. The third-order valence-corrected chi connectivity index (χ3v) is 5.21. The predicted octanol–water partition coefficient (Wildman–Crippen LogP) is 7.09. The summed E-state index contributed by atoms with van der Waals surface area (Å²) in [6.45, 7) is 3.08. The van der Waals surface area contributed by atoms with Crippen LogP contribution in [0.2, 0.25) is 0 Å². The normalized spacial score (nSPS) is 11.4. The number of hydrogen-bond acceptors (Lipinski definition) is 2. The Labute approximate surface area is 163 Å². The van der Waals surface area contributed by atoms with Gasteiger partial charge in [-0.15, -0.1) is 0 Å². The van der Waals surface area contributed by atoms with Crippen LogP contribution in [0.3, 0.4) is 0 Å². The molecule has 1 aromatic rings. The van der Waals surface area contributed by atoms with Gasteiger partial charge >= 0.3 is 0 Å². The van der Waals surface area contributed by atoms with Crippen molar-refractivity contribution in [2.24, 2.45) is 0 Å². The number of hydrogen-bond donors (Lipinski definition) is 1. The SMILES string of the molecule is CCCCCCCCCCCCCCCc1ccc(CN(C)C)c(O)c1. The maximum atomic E-state index is 10.1. The Hall–Kier alpha value is -1.02. The second-order valence-electron chi connectivity index (χ2n) is 8.19. The number of unbranched alkanes of at least 4 members (excludes halogenated alkanes) is 12. The summed E-state index contributed by atoms with van der Waals surface area (Å²) in [6, 6.07) is 6.21. The minimum absolute atomic E-state index is 0.450. The molecule has 26 heavy (non-hydrogen) atoms. The van der Waals surface area contributed by atoms with Crippen molar-refractivity contribution in [2.45, 2.75) is 103 Å². The van der Waals surface area contributed by atoms with Gasteiger partial charge in [0.25, 0.3) is 0 Å². The summed E-state index contributed by atoms with van der Waals surface area (Å²) in [5.41, 5.74) is 2.29. The lowest BCUT2D eigenvalue weighted by Crippen LogP contribution is -2.10. The fraction of sp³-hybridized carbons (Fsp3) is 0.750. The van der Waals surface area contributed by atoms with Crippen LogP contribution in [-0.2, 0) is 13.0 Å². The molecule has 0 aliphatic rings. The monoisotopic (exact) mass is 361 g/mol. The van der Waals surface area contributed by atoms with E-state index in [4.69, 9.17) is 0 Å². The Morgan fingerprint density at radius 1 is 0.731 bits per heavy atom. The fourth-order valence-electron chi connectivity index (χ4n) is 3.59. The van der Waals surface area contributed by atoms with Crippen LogP contribution in [-0.4, -0.2) is 24.1 Å². The highest BCUT2D eigenvalue weighted by atomic mass is 16.3. The van der Waals surface area contributed by atoms with Gasteiger partial charge < -0.3 is 10.0 Å². The third kappa shape index (κ3) is 11.6. The van der Waals surface area contributed by atoms with E-state index in [2.05, 4.69) is 24.0 Å². The first-order valence-electron chi connectivity index (χ1n) is 11.1. The average Bonchev–Trinajstić information content (AvgIpc) is 2.61. The average molecular weight is 362 g/mol. The van der Waals surface area contributed by atoms with Gasteiger partial charge in [-0.2, -0.15) is 0 Å². The first-order valence-corrected chi connectivity index (χ1v) is 11.1. The van der Waals surface area contributed by atoms with E-state index < -0.39 is 0 Å². The van der Waals surface area contributed by atoms with E-state index in [1.807, 2.05) is 20.2 Å². The summed E-state index contributed by atoms with van der Waals surface area (Å²) in [7, 11) is 4.06. The minimum Gasteiger partial charge on any atom is -0.508 e. The highest BCUT2D eigenvalue weighted by molar-refractivity contribution is 5.36. The van der Waals surface area contributed by atoms with Crippen LogP contribution in [0, 0.1) is 0 Å². The maximum Gasteiger partial charge on any atom is 0.120 e. The van der Waals surface area contributed by atoms with Crippen molar-refractivity contribution in [3.05, 3.63) is 29.3 Å². The van der Waals surface area contributed by atoms with Gasteiger partial charge in [-0.1, -0.05) is 96.1 Å². The molecule has 0 spiro atoms. The molecule has 1 aromatic carbocycles. The first-order chi connectivity index (χ1) is 12.6. The molecule has 0 atom stereocenters. The lowest BCUT2D eigenvalue weighted by molar-refractivity contribution is 0.385. The molecule has 1 N–H and O–H groups in total. The molecule has 0 aliphatic carbocycles. The molecule has 0 amide bonds. The summed E-state index contributed by atoms with van der Waals surface area (Å²) in [5, 5.41) is 10.1. The molecule has 150 valence electrons. The van der Waals surface area contributed by atoms with Crippen molar-refractivity contribution >= 4 is 0 Å². The number of rotatable bonds is 16. The van der Waals surface area contributed by atoms with Gasteiger partial charge in [0, 0.05) is 12.1 Å². The highest BCUT2D eigenvalue weighted by Gasteiger charge is 2.04. The molecule has 0 unspecified atom stereocenters. The zero-order valence-corrected chi connectivity index (χ0v) is 17.7. The number of aromatic hydroxyl groups is 1. The van der Waals surface area contributed by atoms with Crippen LogP contribution >= 0.6 is 0 Å². The van der Waals surface area contributed by atoms with Crippen LogP contribution in [0.1, 0.15) is 102 Å². The number of benzene rings is 1. The van der Waals surface area contributed by atoms with Crippen LogP contribution in [0.25, 0.3) is 0 Å². The van der Waals surface area contributed by atoms with Gasteiger partial charge in [0.1, 0.15) is 5.75 Å². The molecule has 0 aromatic heterocycles. The van der Waals surface area contributed by atoms with Crippen molar-refractivity contribution in [1.29, 1.82) is 0 Å². The summed E-state index contributed by atoms with van der Waals surface area (Å²) in [4.78, 5) is 2.08. The van der Waals surface area contributed by atoms with E-state index >= 15 is 0 Å². The zero-order chi connectivity index (χ0) is 19.0. The molecule has 2 heteroatoms. The lowest BCUT2D eigenvalue weighted by atomic mass is 10.0. The Morgan fingerprint density at radius 2 is 1.23 bits per heavy atom. The Morgan fingerprint density at radius 3 is 1.69 bits per heavy atom. The van der Waals surface area contributed by atoms with Crippen molar-refractivity contribution < 1.29 is 5.11 Å². The molecule has 0 saturated carbocycles. The molecular weight excluding hydrogens is 318 g/mol. The molecule has 0 heterocycles. The van der Waals surface area contributed by atoms with Crippen LogP contribution in [0.15, 0.2) is 18.2 Å². The topological polar surface area (TPSA) is 23.5 Å². The predicted molar refractivity (Wildman–Crippen MR) is 115 cm³/mol. The highest BCUT2D eigenvalue weighted by Crippen LogP contribution is 2.21. The summed E-state index contributed by atoms with van der Waals surface area (Å²) >= 11 is 0. The smallest absolute Gasteiger partial charge is 0.120 e. The molecule has 0 aliphatic heterocycles. The lowest BCUT2D eigenvalue weighted by Gasteiger charge is -2.12. The number of nitrogens with zero attached hydrogens (tertiary/aromatic N) is 1. The first kappa shape index (κ1) is 23.0. The Kier molecular flexibility index (Phi) is 13.4. The van der Waals surface area contributed by atoms with Crippen molar-refractivity contribution in [2.75, 3.05) is 14.1 Å². The largest absolute Gasteiger partial charge is 0.508 e. The number of aryl methyl sites for hydroxylation is 1. The molecule has 1 rings (SSSR count). The standard InChI is InChI=1S/C24H43NO/c1-4-5-6-7-8-9-10-11-12-13-14-15-16-17-22-18-19-23(21-25(2)3)24(26)20-22/h18-20,26H,4-17,21H2,1-3H3. The Balaban J connectivity index is 1.97. The van der Waals surface area contributed by atoms with Crippen molar-refractivity contribution in [3.8, 4) is 5.75 Å². The maximum absolute atomic E-state index is 10.1. The second kappa shape index (κ2) is 15.1. The van der Waals surface area contributed by atoms with E-state index in [0.29, 0.717) is 5.75 Å². The summed E-state index contributed by atoms with van der Waals surface area (Å²) in [6.07, 6.45) is 19.2. The van der Waals surface area contributed by atoms with E-state index in [9.17, 15) is 5.11 Å². The van der Waals surface area contributed by atoms with Crippen molar-refractivity contribution in [3.63, 3.8) is 0 Å². The van der Waals surface area contributed by atoms with Gasteiger partial charge in [-0.3, -0.25) is 0 Å². The van der Waals surface area contributed by atoms with E-state index in [0.717, 1.165) is 18.5 Å². The molecule has 0 saturated heterocycles. The number of phenols is 1. The Bertz CT molecular complexity index is 456. The second-order valence-corrected chi connectivity index (χ2v) is 8.19. The minimum atomic E-state index is 0.450. The van der Waals surface area contributed by atoms with E-state index in [1.165, 1.54) is 89.0 Å². The van der Waals surface area contributed by atoms with Gasteiger partial charge in [-0.05, 0) is 38.6 Å². The van der Waals surface area contributed by atoms with Crippen LogP contribution in [0.5, 0.6) is 5.75 Å². The van der Waals surface area contributed by atoms with Gasteiger partial charge in [-0.25, -0.2) is 0 Å². The molecule has 0 fully saturated rings. The third-order valence-electron chi connectivity index (χ3n) is 5.21. The van der Waals surface area contributed by atoms with Gasteiger partial charge in [0.05, 0.1) is 0 Å². The summed E-state index contributed by atoms with van der Waals surface area (Å²) < 4.78 is 0. The van der Waals surface area contributed by atoms with E-state index in [1.54, 1.807) is 0 Å². The van der Waals surface area contributed by atoms with Crippen molar-refractivity contribution in [1.82, 2.24) is 4.90 Å².